The van der Waals surface area contributed by atoms with Crippen LogP contribution in [0, 0.1) is 22.7 Å². The first-order valence-corrected chi connectivity index (χ1v) is 10.5. The van der Waals surface area contributed by atoms with Crippen LogP contribution >= 0.6 is 0 Å². The smallest absolute Gasteiger partial charge is 0.268 e. The van der Waals surface area contributed by atoms with Gasteiger partial charge in [-0.05, 0) is 48.4 Å². The average Bonchev–Trinajstić information content (AvgIpc) is 2.88. The van der Waals surface area contributed by atoms with Gasteiger partial charge in [0.15, 0.2) is 5.78 Å². The second-order valence-corrected chi connectivity index (χ2v) is 7.39. The number of hydrogen-bond acceptors (Lipinski definition) is 7. The molecule has 0 fully saturated rings. The topological polar surface area (TPSA) is 114 Å². The SMILES string of the molecule is COCCCn1cc(C(=O)c2cc(OC)ccc2OCc2ccc(C#N)cc2)cc(C#N)c1=O. The quantitative estimate of drug-likeness (QED) is 0.338. The molecule has 0 aliphatic heterocycles. The molecule has 0 saturated carbocycles. The van der Waals surface area contributed by atoms with E-state index in [9.17, 15) is 14.9 Å². The molecule has 3 rings (SSSR count). The lowest BCUT2D eigenvalue weighted by Crippen LogP contribution is -2.24. The molecule has 0 aliphatic rings. The van der Waals surface area contributed by atoms with Gasteiger partial charge in [0.05, 0.1) is 24.3 Å². The van der Waals surface area contributed by atoms with E-state index < -0.39 is 11.3 Å². The summed E-state index contributed by atoms with van der Waals surface area (Å²) in [6, 6.07) is 17.0. The van der Waals surface area contributed by atoms with Gasteiger partial charge in [0.2, 0.25) is 0 Å². The van der Waals surface area contributed by atoms with Crippen molar-refractivity contribution in [1.82, 2.24) is 4.57 Å². The molecule has 0 atom stereocenters. The molecule has 0 radical (unpaired) electrons. The third-order valence-electron chi connectivity index (χ3n) is 5.12. The van der Waals surface area contributed by atoms with Crippen LogP contribution in [0.3, 0.4) is 0 Å². The fourth-order valence-corrected chi connectivity index (χ4v) is 3.32. The molecule has 1 heterocycles. The first-order chi connectivity index (χ1) is 16.5. The standard InChI is InChI=1S/C26H23N3O5/c1-32-11-3-10-29-16-21(12-20(15-28)26(29)31)25(30)23-13-22(33-2)8-9-24(23)34-17-19-6-4-18(14-27)5-7-19/h4-9,12-13,16H,3,10-11,17H2,1-2H3. The molecule has 0 saturated heterocycles. The highest BCUT2D eigenvalue weighted by atomic mass is 16.5. The lowest BCUT2D eigenvalue weighted by Gasteiger charge is -2.14. The van der Waals surface area contributed by atoms with E-state index in [-0.39, 0.29) is 23.3 Å². The van der Waals surface area contributed by atoms with Crippen LogP contribution in [0.4, 0.5) is 0 Å². The molecule has 0 bridgehead atoms. The van der Waals surface area contributed by atoms with Gasteiger partial charge in [0.25, 0.3) is 5.56 Å². The van der Waals surface area contributed by atoms with E-state index in [2.05, 4.69) is 6.07 Å². The number of rotatable bonds is 10. The Morgan fingerprint density at radius 2 is 1.79 bits per heavy atom. The normalized spacial score (nSPS) is 10.2. The number of nitriles is 2. The van der Waals surface area contributed by atoms with Crippen molar-refractivity contribution in [3.63, 3.8) is 0 Å². The third-order valence-corrected chi connectivity index (χ3v) is 5.12. The highest BCUT2D eigenvalue weighted by molar-refractivity contribution is 6.11. The van der Waals surface area contributed by atoms with Crippen molar-refractivity contribution < 1.29 is 19.0 Å². The van der Waals surface area contributed by atoms with Crippen molar-refractivity contribution >= 4 is 5.78 Å². The van der Waals surface area contributed by atoms with Crippen LogP contribution in [0.25, 0.3) is 0 Å². The Labute approximate surface area is 197 Å². The van der Waals surface area contributed by atoms with Crippen LogP contribution in [0.15, 0.2) is 59.5 Å². The summed E-state index contributed by atoms with van der Waals surface area (Å²) in [5.74, 6) is 0.375. The Balaban J connectivity index is 1.95. The second kappa shape index (κ2) is 11.5. The van der Waals surface area contributed by atoms with E-state index in [1.165, 1.54) is 23.9 Å². The Morgan fingerprint density at radius 3 is 2.44 bits per heavy atom. The van der Waals surface area contributed by atoms with Gasteiger partial charge in [-0.1, -0.05) is 12.1 Å². The predicted octanol–water partition coefficient (Wildman–Crippen LogP) is 3.45. The van der Waals surface area contributed by atoms with Crippen LogP contribution in [-0.2, 0) is 17.9 Å². The van der Waals surface area contributed by atoms with Gasteiger partial charge in [0.1, 0.15) is 29.7 Å². The maximum Gasteiger partial charge on any atom is 0.268 e. The van der Waals surface area contributed by atoms with Gasteiger partial charge in [-0.25, -0.2) is 0 Å². The monoisotopic (exact) mass is 457 g/mol. The summed E-state index contributed by atoms with van der Waals surface area (Å²) in [5.41, 5.74) is 1.21. The Kier molecular flexibility index (Phi) is 8.17. The van der Waals surface area contributed by atoms with Crippen LogP contribution in [0.5, 0.6) is 11.5 Å². The molecule has 0 N–H and O–H groups in total. The largest absolute Gasteiger partial charge is 0.497 e. The van der Waals surface area contributed by atoms with E-state index in [1.54, 1.807) is 49.6 Å². The van der Waals surface area contributed by atoms with Gasteiger partial charge in [-0.15, -0.1) is 0 Å². The number of aromatic nitrogens is 1. The third kappa shape index (κ3) is 5.69. The molecule has 0 unspecified atom stereocenters. The van der Waals surface area contributed by atoms with Crippen LogP contribution in [0.2, 0.25) is 0 Å². The lowest BCUT2D eigenvalue weighted by atomic mass is 10.0. The number of aryl methyl sites for hydroxylation is 1. The summed E-state index contributed by atoms with van der Waals surface area (Å²) in [7, 11) is 3.05. The zero-order valence-electron chi connectivity index (χ0n) is 18.9. The summed E-state index contributed by atoms with van der Waals surface area (Å²) < 4.78 is 17.6. The zero-order chi connectivity index (χ0) is 24.5. The Bertz CT molecular complexity index is 1310. The van der Waals surface area contributed by atoms with E-state index >= 15 is 0 Å². The minimum Gasteiger partial charge on any atom is -0.497 e. The molecule has 8 heteroatoms. The maximum atomic E-state index is 13.5. The summed E-state index contributed by atoms with van der Waals surface area (Å²) in [4.78, 5) is 26.0. The number of benzene rings is 2. The van der Waals surface area contributed by atoms with Crippen LogP contribution in [-0.4, -0.2) is 31.2 Å². The van der Waals surface area contributed by atoms with Crippen molar-refractivity contribution in [3.05, 3.63) is 92.9 Å². The highest BCUT2D eigenvalue weighted by Gasteiger charge is 2.19. The fourth-order valence-electron chi connectivity index (χ4n) is 3.32. The Hall–Kier alpha value is -4.40. The molecule has 0 aliphatic carbocycles. The van der Waals surface area contributed by atoms with E-state index in [4.69, 9.17) is 19.5 Å². The zero-order valence-corrected chi connectivity index (χ0v) is 18.9. The molecule has 1 aromatic heterocycles. The van der Waals surface area contributed by atoms with Crippen LogP contribution < -0.4 is 15.0 Å². The number of nitrogens with zero attached hydrogens (tertiary/aromatic N) is 3. The number of carbonyl (C=O) groups is 1. The number of methoxy groups -OCH3 is 2. The predicted molar refractivity (Wildman–Crippen MR) is 124 cm³/mol. The second-order valence-electron chi connectivity index (χ2n) is 7.39. The number of carbonyl (C=O) groups excluding carboxylic acids is 1. The van der Waals surface area contributed by atoms with Gasteiger partial charge in [0, 0.05) is 32.0 Å². The first-order valence-electron chi connectivity index (χ1n) is 10.5. The molecule has 8 nitrogen and oxygen atoms in total. The molecule has 3 aromatic rings. The van der Waals surface area contributed by atoms with E-state index in [0.29, 0.717) is 36.6 Å². The number of hydrogen-bond donors (Lipinski definition) is 0. The van der Waals surface area contributed by atoms with Crippen molar-refractivity contribution in [3.8, 4) is 23.6 Å². The minimum atomic E-state index is -0.460. The number of pyridine rings is 1. The van der Waals surface area contributed by atoms with Crippen molar-refractivity contribution in [2.75, 3.05) is 20.8 Å². The van der Waals surface area contributed by atoms with Crippen molar-refractivity contribution in [2.24, 2.45) is 0 Å². The van der Waals surface area contributed by atoms with Crippen molar-refractivity contribution in [2.45, 2.75) is 19.6 Å². The van der Waals surface area contributed by atoms with E-state index in [1.807, 2.05) is 6.07 Å². The van der Waals surface area contributed by atoms with Crippen molar-refractivity contribution in [1.29, 1.82) is 10.5 Å². The summed E-state index contributed by atoms with van der Waals surface area (Å²) >= 11 is 0. The highest BCUT2D eigenvalue weighted by Crippen LogP contribution is 2.27. The van der Waals surface area contributed by atoms with Gasteiger partial charge in [-0.2, -0.15) is 10.5 Å². The van der Waals surface area contributed by atoms with Gasteiger partial charge in [-0.3, -0.25) is 9.59 Å². The summed E-state index contributed by atoms with van der Waals surface area (Å²) in [6.45, 7) is 0.927. The lowest BCUT2D eigenvalue weighted by molar-refractivity contribution is 0.103. The molecular formula is C26H23N3O5. The van der Waals surface area contributed by atoms with E-state index in [0.717, 1.165) is 5.56 Å². The molecule has 0 amide bonds. The molecule has 2 aromatic carbocycles. The van der Waals surface area contributed by atoms with Gasteiger partial charge >= 0.3 is 0 Å². The Morgan fingerprint density at radius 1 is 1.03 bits per heavy atom. The minimum absolute atomic E-state index is 0.119. The maximum absolute atomic E-state index is 13.5. The van der Waals surface area contributed by atoms with Crippen LogP contribution in [0.1, 0.15) is 39.0 Å². The fraction of sp³-hybridized carbons (Fsp3) is 0.231. The molecular weight excluding hydrogens is 434 g/mol. The number of ether oxygens (including phenoxy) is 3. The summed E-state index contributed by atoms with van der Waals surface area (Å²) in [6.07, 6.45) is 2.00. The van der Waals surface area contributed by atoms with Gasteiger partial charge < -0.3 is 18.8 Å². The number of ketones is 1. The first kappa shape index (κ1) is 24.2. The summed E-state index contributed by atoms with van der Waals surface area (Å²) in [5, 5.41) is 18.4. The molecule has 34 heavy (non-hydrogen) atoms. The molecule has 0 spiro atoms. The average molecular weight is 457 g/mol. The molecule has 172 valence electrons.